The molecule has 2 heterocycles. The number of carbonyl (C=O) groups excluding carboxylic acids is 4. The molecule has 0 radical (unpaired) electrons. The number of fused-ring (bicyclic) bond motifs is 16. The van der Waals surface area contributed by atoms with Gasteiger partial charge in [0.2, 0.25) is 17.7 Å². The van der Waals surface area contributed by atoms with Gasteiger partial charge in [0.1, 0.15) is 29.9 Å². The Morgan fingerprint density at radius 2 is 1.09 bits per heavy atom. The third-order valence-corrected chi connectivity index (χ3v) is 10.1. The van der Waals surface area contributed by atoms with Crippen molar-refractivity contribution in [1.82, 2.24) is 21.3 Å². The van der Waals surface area contributed by atoms with Crippen LogP contribution < -0.4 is 26.0 Å². The average Bonchev–Trinajstić information content (AvgIpc) is 3.24. The van der Waals surface area contributed by atoms with E-state index in [1.807, 2.05) is 115 Å². The molecule has 5 aromatic rings. The van der Waals surface area contributed by atoms with E-state index in [1.165, 1.54) is 0 Å². The summed E-state index contributed by atoms with van der Waals surface area (Å²) < 4.78 is 5.73. The fourth-order valence-corrected chi connectivity index (χ4v) is 6.92. The highest BCUT2D eigenvalue weighted by Crippen LogP contribution is 2.21. The number of hydrogen-bond donors (Lipinski definition) is 5. The molecular formula is C47H48N4O7. The van der Waals surface area contributed by atoms with E-state index in [9.17, 15) is 29.1 Å². The van der Waals surface area contributed by atoms with Gasteiger partial charge >= 0.3 is 5.97 Å². The Hall–Kier alpha value is -6.75. The van der Waals surface area contributed by atoms with Gasteiger partial charge < -0.3 is 31.1 Å². The van der Waals surface area contributed by atoms with Crippen molar-refractivity contribution >= 4 is 29.6 Å². The quantitative estimate of drug-likeness (QED) is 0.115. The molecule has 11 heteroatoms. The van der Waals surface area contributed by atoms with E-state index in [0.717, 1.165) is 27.8 Å². The monoisotopic (exact) mass is 780 g/mol. The number of amides is 4. The van der Waals surface area contributed by atoms with E-state index in [2.05, 4.69) is 21.3 Å². The lowest BCUT2D eigenvalue weighted by Gasteiger charge is -2.26. The summed E-state index contributed by atoms with van der Waals surface area (Å²) in [4.78, 5) is 68.3. The highest BCUT2D eigenvalue weighted by molar-refractivity contribution is 5.95. The maximum atomic E-state index is 14.4. The van der Waals surface area contributed by atoms with Crippen LogP contribution in [0.25, 0.3) is 11.1 Å². The molecule has 0 aromatic heterocycles. The molecule has 0 aliphatic carbocycles. The lowest BCUT2D eigenvalue weighted by atomic mass is 9.98. The van der Waals surface area contributed by atoms with Crippen LogP contribution >= 0.6 is 0 Å². The Bertz CT molecular complexity index is 2130. The molecule has 2 aliphatic heterocycles. The number of hydrogen-bond acceptors (Lipinski definition) is 6. The summed E-state index contributed by atoms with van der Waals surface area (Å²) in [5, 5.41) is 21.3. The predicted molar refractivity (Wildman–Crippen MR) is 221 cm³/mol. The third kappa shape index (κ3) is 12.1. The first-order valence-corrected chi connectivity index (χ1v) is 19.6. The maximum absolute atomic E-state index is 14.4. The number of ether oxygens (including phenoxy) is 1. The largest absolute Gasteiger partial charge is 0.484 e. The minimum Gasteiger partial charge on any atom is -0.484 e. The SMILES string of the molecule is O=C1COc2ccc(cc2)C[C@@H](C(=O)O)NC(=O)[C@H](CCc2ccccc2)NC(=O)[C@@H](Cc2ccc(-c3ccccc3)cc2)NC(=O)[C@H](CCCc2ccccc2)N1. The molecule has 298 valence electrons. The van der Waals surface area contributed by atoms with Gasteiger partial charge in [-0.15, -0.1) is 0 Å². The lowest BCUT2D eigenvalue weighted by Crippen LogP contribution is -2.58. The Balaban J connectivity index is 1.31. The second-order valence-electron chi connectivity index (χ2n) is 14.4. The summed E-state index contributed by atoms with van der Waals surface area (Å²) in [7, 11) is 0. The van der Waals surface area contributed by atoms with Gasteiger partial charge in [-0.25, -0.2) is 4.79 Å². The molecule has 2 bridgehead atoms. The van der Waals surface area contributed by atoms with Crippen molar-refractivity contribution in [2.45, 2.75) is 69.1 Å². The highest BCUT2D eigenvalue weighted by atomic mass is 16.5. The van der Waals surface area contributed by atoms with Gasteiger partial charge in [-0.3, -0.25) is 19.2 Å². The number of carbonyl (C=O) groups is 5. The highest BCUT2D eigenvalue weighted by Gasteiger charge is 2.32. The fourth-order valence-electron chi connectivity index (χ4n) is 6.92. The van der Waals surface area contributed by atoms with Crippen LogP contribution in [-0.4, -0.2) is 65.5 Å². The molecule has 5 N–H and O–H groups in total. The zero-order chi connectivity index (χ0) is 40.7. The van der Waals surface area contributed by atoms with Crippen molar-refractivity contribution in [3.63, 3.8) is 0 Å². The summed E-state index contributed by atoms with van der Waals surface area (Å²) >= 11 is 0. The van der Waals surface area contributed by atoms with Crippen molar-refractivity contribution < 1.29 is 33.8 Å². The number of aliphatic carboxylic acids is 1. The molecule has 0 saturated heterocycles. The second-order valence-corrected chi connectivity index (χ2v) is 14.4. The van der Waals surface area contributed by atoms with Crippen LogP contribution in [0.15, 0.2) is 140 Å². The standard InChI is InChI=1S/C47H48N4O7/c52-43-31-58-38-26-21-35(22-27-38)30-42(47(56)57)51-45(54)40(28-23-33-13-6-2-7-14-33)49-46(55)41(29-34-19-24-37(25-20-34)36-16-8-3-9-17-36)50-44(53)39(48-43)18-10-15-32-11-4-1-5-12-32/h1-9,11-14,16-17,19-22,24-27,39-42H,10,15,18,23,28-31H2,(H,48,52)(H,49,55)(H,50,53)(H,51,54)(H,56,57)/t39-,40-,41+,42-/m0/s1. The van der Waals surface area contributed by atoms with Crippen molar-refractivity contribution in [3.05, 3.63) is 162 Å². The van der Waals surface area contributed by atoms with Crippen molar-refractivity contribution in [3.8, 4) is 16.9 Å². The van der Waals surface area contributed by atoms with Gasteiger partial charge in [-0.05, 0) is 77.6 Å². The van der Waals surface area contributed by atoms with Crippen molar-refractivity contribution in [2.75, 3.05) is 6.61 Å². The molecule has 5 aromatic carbocycles. The van der Waals surface area contributed by atoms with E-state index in [-0.39, 0.29) is 32.3 Å². The van der Waals surface area contributed by atoms with Crippen LogP contribution in [-0.2, 0) is 49.7 Å². The normalized spacial score (nSPS) is 19.2. The minimum absolute atomic E-state index is 0.0382. The third-order valence-electron chi connectivity index (χ3n) is 10.1. The first-order valence-electron chi connectivity index (χ1n) is 19.6. The predicted octanol–water partition coefficient (Wildman–Crippen LogP) is 5.21. The Morgan fingerprint density at radius 1 is 0.552 bits per heavy atom. The Morgan fingerprint density at radius 3 is 1.72 bits per heavy atom. The maximum Gasteiger partial charge on any atom is 0.326 e. The van der Waals surface area contributed by atoms with Crippen molar-refractivity contribution in [1.29, 1.82) is 0 Å². The van der Waals surface area contributed by atoms with Crippen LogP contribution in [0, 0.1) is 0 Å². The summed E-state index contributed by atoms with van der Waals surface area (Å²) in [6.45, 7) is -0.379. The topological polar surface area (TPSA) is 163 Å². The number of rotatable bonds is 11. The lowest BCUT2D eigenvalue weighted by molar-refractivity contribution is -0.142. The van der Waals surface area contributed by atoms with E-state index >= 15 is 0 Å². The molecule has 4 amide bonds. The Labute approximate surface area is 338 Å². The first kappa shape index (κ1) is 40.9. The van der Waals surface area contributed by atoms with Gasteiger partial charge in [0.25, 0.3) is 5.91 Å². The fraction of sp³-hybridized carbons (Fsp3) is 0.255. The zero-order valence-corrected chi connectivity index (χ0v) is 32.1. The zero-order valence-electron chi connectivity index (χ0n) is 32.1. The van der Waals surface area contributed by atoms with Gasteiger partial charge in [0.05, 0.1) is 0 Å². The summed E-state index contributed by atoms with van der Waals surface area (Å²) in [6.07, 6.45) is 2.10. The van der Waals surface area contributed by atoms with Gasteiger partial charge in [-0.1, -0.05) is 127 Å². The second kappa shape index (κ2) is 20.4. The van der Waals surface area contributed by atoms with Gasteiger partial charge in [0, 0.05) is 12.8 Å². The van der Waals surface area contributed by atoms with E-state index in [1.54, 1.807) is 24.3 Å². The Kier molecular flexibility index (Phi) is 14.4. The van der Waals surface area contributed by atoms with Gasteiger partial charge in [-0.2, -0.15) is 0 Å². The van der Waals surface area contributed by atoms with E-state index in [4.69, 9.17) is 4.74 Å². The minimum atomic E-state index is -1.31. The van der Waals surface area contributed by atoms with E-state index < -0.39 is 53.8 Å². The van der Waals surface area contributed by atoms with Crippen LogP contribution in [0.3, 0.4) is 0 Å². The average molecular weight is 781 g/mol. The van der Waals surface area contributed by atoms with E-state index in [0.29, 0.717) is 30.6 Å². The number of nitrogens with one attached hydrogen (secondary N) is 4. The van der Waals surface area contributed by atoms with Crippen molar-refractivity contribution in [2.24, 2.45) is 0 Å². The summed E-state index contributed by atoms with van der Waals surface area (Å²) in [5.41, 5.74) is 5.36. The number of carboxylic acids is 1. The molecule has 4 atom stereocenters. The van der Waals surface area contributed by atoms with Crippen LogP contribution in [0.2, 0.25) is 0 Å². The molecule has 0 saturated carbocycles. The summed E-state index contributed by atoms with van der Waals surface area (Å²) in [6, 6.07) is 38.7. The first-order chi connectivity index (χ1) is 28.2. The molecule has 0 fully saturated rings. The molecule has 2 aliphatic rings. The number of carboxylic acid groups (broad SMARTS) is 1. The summed E-state index contributed by atoms with van der Waals surface area (Å²) in [5.74, 6) is -3.27. The van der Waals surface area contributed by atoms with Crippen LogP contribution in [0.5, 0.6) is 5.75 Å². The smallest absolute Gasteiger partial charge is 0.326 e. The van der Waals surface area contributed by atoms with Crippen LogP contribution in [0.1, 0.15) is 41.5 Å². The number of benzene rings is 5. The molecule has 58 heavy (non-hydrogen) atoms. The molecule has 0 unspecified atom stereocenters. The molecule has 11 nitrogen and oxygen atoms in total. The number of aryl methyl sites for hydroxylation is 2. The molecule has 7 rings (SSSR count). The molecular weight excluding hydrogens is 733 g/mol. The molecule has 0 spiro atoms. The van der Waals surface area contributed by atoms with Gasteiger partial charge in [0.15, 0.2) is 6.61 Å². The van der Waals surface area contributed by atoms with Crippen LogP contribution in [0.4, 0.5) is 0 Å².